The molecule has 2 heterocycles. The van der Waals surface area contributed by atoms with Gasteiger partial charge in [-0.2, -0.15) is 0 Å². The smallest absolute Gasteiger partial charge is 0.410 e. The van der Waals surface area contributed by atoms with E-state index < -0.39 is 11.6 Å². The number of halogens is 2. The maximum absolute atomic E-state index is 12.9. The minimum atomic E-state index is -0.566. The van der Waals surface area contributed by atoms with E-state index in [2.05, 4.69) is 0 Å². The molecule has 0 radical (unpaired) electrons. The molecule has 1 atom stereocenters. The van der Waals surface area contributed by atoms with Crippen LogP contribution in [0.4, 0.5) is 10.5 Å². The molecule has 0 aliphatic carbocycles. The number of hydrogen-bond donors (Lipinski definition) is 0. The molecule has 28 heavy (non-hydrogen) atoms. The molecule has 3 amide bonds. The number of amides is 3. The Hall–Kier alpha value is -1.83. The van der Waals surface area contributed by atoms with E-state index in [1.54, 1.807) is 23.1 Å². The molecule has 2 saturated heterocycles. The highest BCUT2D eigenvalue weighted by Gasteiger charge is 2.44. The average Bonchev–Trinajstić information content (AvgIpc) is 2.91. The van der Waals surface area contributed by atoms with Crippen LogP contribution < -0.4 is 4.90 Å². The maximum Gasteiger partial charge on any atom is 0.410 e. The van der Waals surface area contributed by atoms with Crippen LogP contribution in [0.2, 0.25) is 10.0 Å². The van der Waals surface area contributed by atoms with Crippen molar-refractivity contribution in [1.29, 1.82) is 0 Å². The van der Waals surface area contributed by atoms with Gasteiger partial charge < -0.3 is 9.64 Å². The van der Waals surface area contributed by atoms with E-state index in [-0.39, 0.29) is 34.4 Å². The number of hydrogen-bond acceptors (Lipinski definition) is 5. The fourth-order valence-electron chi connectivity index (χ4n) is 3.36. The summed E-state index contributed by atoms with van der Waals surface area (Å²) in [5.74, 6) is -0.631. The van der Waals surface area contributed by atoms with Crippen LogP contribution in [-0.4, -0.2) is 65.5 Å². The molecular weight excluding hydrogens is 405 g/mol. The first kappa shape index (κ1) is 20.9. The summed E-state index contributed by atoms with van der Waals surface area (Å²) in [5, 5.41) is 0.468. The topological polar surface area (TPSA) is 70.2 Å². The van der Waals surface area contributed by atoms with Gasteiger partial charge in [0.15, 0.2) is 0 Å². The van der Waals surface area contributed by atoms with Crippen molar-refractivity contribution in [3.05, 3.63) is 28.2 Å². The Balaban J connectivity index is 1.67. The number of carbonyl (C=O) groups excluding carboxylic acids is 3. The summed E-state index contributed by atoms with van der Waals surface area (Å²) in [6.07, 6.45) is -0.290. The Bertz CT molecular complexity index is 801. The highest BCUT2D eigenvalue weighted by molar-refractivity contribution is 6.44. The first-order chi connectivity index (χ1) is 13.1. The van der Waals surface area contributed by atoms with Crippen molar-refractivity contribution >= 4 is 46.8 Å². The van der Waals surface area contributed by atoms with E-state index in [9.17, 15) is 14.4 Å². The lowest BCUT2D eigenvalue weighted by Crippen LogP contribution is -2.54. The van der Waals surface area contributed by atoms with Crippen molar-refractivity contribution in [2.24, 2.45) is 0 Å². The van der Waals surface area contributed by atoms with E-state index in [0.29, 0.717) is 31.9 Å². The molecule has 2 fully saturated rings. The lowest BCUT2D eigenvalue weighted by Gasteiger charge is -2.37. The van der Waals surface area contributed by atoms with E-state index in [1.165, 1.54) is 0 Å². The second-order valence-electron chi connectivity index (χ2n) is 7.86. The SMILES string of the molecule is CC(C)(C)OC(=O)N1CCN([C@@H]2CC(=O)N(c3cccc(Cl)c3Cl)C2=O)CC1. The maximum atomic E-state index is 12.9. The summed E-state index contributed by atoms with van der Waals surface area (Å²) in [4.78, 5) is 42.3. The molecule has 0 unspecified atom stereocenters. The third-order valence-electron chi connectivity index (χ3n) is 4.70. The summed E-state index contributed by atoms with van der Waals surface area (Å²) >= 11 is 12.2. The molecule has 0 aromatic heterocycles. The highest BCUT2D eigenvalue weighted by atomic mass is 35.5. The normalized spacial score (nSPS) is 21.4. The van der Waals surface area contributed by atoms with Crippen molar-refractivity contribution in [2.45, 2.75) is 38.8 Å². The summed E-state index contributed by atoms with van der Waals surface area (Å²) in [6, 6.07) is 4.29. The van der Waals surface area contributed by atoms with Crippen molar-refractivity contribution in [2.75, 3.05) is 31.1 Å². The first-order valence-corrected chi connectivity index (χ1v) is 9.87. The van der Waals surface area contributed by atoms with Crippen LogP contribution in [0.3, 0.4) is 0 Å². The molecule has 1 aromatic rings. The summed E-state index contributed by atoms with van der Waals surface area (Å²) < 4.78 is 5.39. The number of benzene rings is 1. The van der Waals surface area contributed by atoms with Crippen molar-refractivity contribution in [3.63, 3.8) is 0 Å². The number of carbonyl (C=O) groups is 3. The molecular formula is C19H23Cl2N3O4. The van der Waals surface area contributed by atoms with Gasteiger partial charge >= 0.3 is 6.09 Å². The molecule has 7 nitrogen and oxygen atoms in total. The van der Waals surface area contributed by atoms with Crippen molar-refractivity contribution < 1.29 is 19.1 Å². The minimum absolute atomic E-state index is 0.0775. The molecule has 0 spiro atoms. The van der Waals surface area contributed by atoms with Gasteiger partial charge in [0.05, 0.1) is 28.2 Å². The van der Waals surface area contributed by atoms with Gasteiger partial charge in [0.1, 0.15) is 5.60 Å². The van der Waals surface area contributed by atoms with Gasteiger partial charge in [-0.3, -0.25) is 14.5 Å². The third kappa shape index (κ3) is 4.26. The number of nitrogens with zero attached hydrogens (tertiary/aromatic N) is 3. The monoisotopic (exact) mass is 427 g/mol. The zero-order chi connectivity index (χ0) is 20.6. The molecule has 2 aliphatic heterocycles. The predicted octanol–water partition coefficient (Wildman–Crippen LogP) is 3.18. The molecule has 3 rings (SSSR count). The molecule has 2 aliphatic rings. The van der Waals surface area contributed by atoms with E-state index in [0.717, 1.165) is 4.90 Å². The number of piperazine rings is 1. The van der Waals surface area contributed by atoms with Crippen molar-refractivity contribution in [1.82, 2.24) is 9.80 Å². The largest absolute Gasteiger partial charge is 0.444 e. The molecule has 9 heteroatoms. The molecule has 1 aromatic carbocycles. The fourth-order valence-corrected chi connectivity index (χ4v) is 3.74. The van der Waals surface area contributed by atoms with Gasteiger partial charge in [-0.25, -0.2) is 9.69 Å². The van der Waals surface area contributed by atoms with Crippen LogP contribution in [0.25, 0.3) is 0 Å². The average molecular weight is 428 g/mol. The zero-order valence-corrected chi connectivity index (χ0v) is 17.6. The van der Waals surface area contributed by atoms with Crippen LogP contribution in [0, 0.1) is 0 Å². The van der Waals surface area contributed by atoms with E-state index in [1.807, 2.05) is 25.7 Å². The molecule has 0 saturated carbocycles. The van der Waals surface area contributed by atoms with Gasteiger partial charge in [-0.1, -0.05) is 29.3 Å². The first-order valence-electron chi connectivity index (χ1n) is 9.11. The van der Waals surface area contributed by atoms with Crippen LogP contribution in [-0.2, 0) is 14.3 Å². The second-order valence-corrected chi connectivity index (χ2v) is 8.65. The number of anilines is 1. The molecule has 0 N–H and O–H groups in total. The Kier molecular flexibility index (Phi) is 5.89. The Morgan fingerprint density at radius 2 is 1.75 bits per heavy atom. The minimum Gasteiger partial charge on any atom is -0.444 e. The summed E-state index contributed by atoms with van der Waals surface area (Å²) in [5.41, 5.74) is -0.252. The quantitative estimate of drug-likeness (QED) is 0.677. The predicted molar refractivity (Wildman–Crippen MR) is 107 cm³/mol. The van der Waals surface area contributed by atoms with Gasteiger partial charge in [0.25, 0.3) is 5.91 Å². The number of ether oxygens (including phenoxy) is 1. The van der Waals surface area contributed by atoms with Crippen molar-refractivity contribution in [3.8, 4) is 0 Å². The lowest BCUT2D eigenvalue weighted by atomic mass is 10.1. The molecule has 0 bridgehead atoms. The summed E-state index contributed by atoms with van der Waals surface area (Å²) in [6.45, 7) is 7.30. The Labute approximate surface area is 174 Å². The summed E-state index contributed by atoms with van der Waals surface area (Å²) in [7, 11) is 0. The van der Waals surface area contributed by atoms with Gasteiger partial charge in [-0.05, 0) is 32.9 Å². The zero-order valence-electron chi connectivity index (χ0n) is 16.1. The fraction of sp³-hybridized carbons (Fsp3) is 0.526. The van der Waals surface area contributed by atoms with Crippen LogP contribution in [0.15, 0.2) is 18.2 Å². The second kappa shape index (κ2) is 7.89. The van der Waals surface area contributed by atoms with Crippen LogP contribution in [0.1, 0.15) is 27.2 Å². The van der Waals surface area contributed by atoms with E-state index in [4.69, 9.17) is 27.9 Å². The van der Waals surface area contributed by atoms with Gasteiger partial charge in [0, 0.05) is 26.2 Å². The van der Waals surface area contributed by atoms with Gasteiger partial charge in [-0.15, -0.1) is 0 Å². The Morgan fingerprint density at radius 1 is 1.11 bits per heavy atom. The third-order valence-corrected chi connectivity index (χ3v) is 5.51. The van der Waals surface area contributed by atoms with Crippen LogP contribution in [0.5, 0.6) is 0 Å². The number of imide groups is 1. The van der Waals surface area contributed by atoms with Crippen LogP contribution >= 0.6 is 23.2 Å². The van der Waals surface area contributed by atoms with E-state index >= 15 is 0 Å². The standard InChI is InChI=1S/C19H23Cl2N3O4/c1-19(2,3)28-18(27)23-9-7-22(8-10-23)14-11-15(25)24(17(14)26)13-6-4-5-12(20)16(13)21/h4-6,14H,7-11H2,1-3H3/t14-/m1/s1. The highest BCUT2D eigenvalue weighted by Crippen LogP contribution is 2.36. The molecule has 152 valence electrons. The van der Waals surface area contributed by atoms with Gasteiger partial charge in [0.2, 0.25) is 5.91 Å². The Morgan fingerprint density at radius 3 is 2.36 bits per heavy atom. The number of rotatable bonds is 2. The lowest BCUT2D eigenvalue weighted by molar-refractivity contribution is -0.123.